The van der Waals surface area contributed by atoms with Crippen LogP contribution < -0.4 is 5.32 Å². The number of halogens is 2. The van der Waals surface area contributed by atoms with Crippen LogP contribution in [0.4, 0.5) is 4.39 Å². The van der Waals surface area contributed by atoms with Gasteiger partial charge in [-0.2, -0.15) is 0 Å². The van der Waals surface area contributed by atoms with Crippen LogP contribution in [0, 0.1) is 11.2 Å². The number of hydrogen-bond donors (Lipinski definition) is 1. The second kappa shape index (κ2) is 6.50. The first kappa shape index (κ1) is 14.7. The molecule has 0 saturated carbocycles. The van der Waals surface area contributed by atoms with Crippen LogP contribution in [0.5, 0.6) is 0 Å². The molecule has 0 aliphatic heterocycles. The highest BCUT2D eigenvalue weighted by atomic mass is 79.9. The Bertz CT molecular complexity index is 363. The van der Waals surface area contributed by atoms with E-state index in [1.54, 1.807) is 12.1 Å². The molecule has 1 aromatic carbocycles. The summed E-state index contributed by atoms with van der Waals surface area (Å²) < 4.78 is 14.2. The molecule has 0 amide bonds. The van der Waals surface area contributed by atoms with Gasteiger partial charge in [0.25, 0.3) is 0 Å². The monoisotopic (exact) mass is 301 g/mol. The van der Waals surface area contributed by atoms with E-state index in [1.807, 2.05) is 0 Å². The largest absolute Gasteiger partial charge is 0.317 e. The van der Waals surface area contributed by atoms with E-state index in [0.29, 0.717) is 0 Å². The second-order valence-electron chi connectivity index (χ2n) is 5.18. The van der Waals surface area contributed by atoms with Gasteiger partial charge >= 0.3 is 0 Å². The summed E-state index contributed by atoms with van der Waals surface area (Å²) in [7, 11) is 0. The lowest BCUT2D eigenvalue weighted by Gasteiger charge is -2.25. The summed E-state index contributed by atoms with van der Waals surface area (Å²) in [6.07, 6.45) is 1.97. The Hall–Kier alpha value is -0.410. The molecule has 3 heteroatoms. The molecule has 0 heterocycles. The average Bonchev–Trinajstić information content (AvgIpc) is 2.23. The van der Waals surface area contributed by atoms with E-state index >= 15 is 0 Å². The van der Waals surface area contributed by atoms with Gasteiger partial charge in [0.1, 0.15) is 5.82 Å². The van der Waals surface area contributed by atoms with E-state index in [1.165, 1.54) is 6.07 Å². The van der Waals surface area contributed by atoms with Crippen molar-refractivity contribution < 1.29 is 4.39 Å². The highest BCUT2D eigenvalue weighted by Gasteiger charge is 2.19. The number of hydrogen-bond acceptors (Lipinski definition) is 1. The summed E-state index contributed by atoms with van der Waals surface area (Å²) in [6, 6.07) is 4.89. The third-order valence-corrected chi connectivity index (χ3v) is 3.68. The van der Waals surface area contributed by atoms with Gasteiger partial charge in [-0.05, 0) is 55.1 Å². The molecule has 0 bridgehead atoms. The van der Waals surface area contributed by atoms with Crippen LogP contribution in [0.1, 0.15) is 32.8 Å². The van der Waals surface area contributed by atoms with Gasteiger partial charge in [-0.15, -0.1) is 0 Å². The van der Waals surface area contributed by atoms with Gasteiger partial charge in [0.2, 0.25) is 0 Å². The van der Waals surface area contributed by atoms with Gasteiger partial charge in [0.05, 0.1) is 0 Å². The first-order chi connectivity index (χ1) is 7.94. The van der Waals surface area contributed by atoms with Crippen LogP contribution in [0.25, 0.3) is 0 Å². The summed E-state index contributed by atoms with van der Waals surface area (Å²) in [5, 5.41) is 3.33. The molecule has 1 rings (SSSR count). The molecule has 0 aromatic heterocycles. The van der Waals surface area contributed by atoms with Gasteiger partial charge in [0.15, 0.2) is 0 Å². The summed E-state index contributed by atoms with van der Waals surface area (Å²) in [5.41, 5.74) is 1.23. The normalized spacial score (nSPS) is 11.8. The molecule has 0 unspecified atom stereocenters. The van der Waals surface area contributed by atoms with Crippen LogP contribution in [-0.2, 0) is 6.42 Å². The molecule has 0 aliphatic carbocycles. The van der Waals surface area contributed by atoms with Crippen LogP contribution in [0.3, 0.4) is 0 Å². The first-order valence-corrected chi connectivity index (χ1v) is 6.88. The van der Waals surface area contributed by atoms with Gasteiger partial charge in [-0.1, -0.05) is 36.7 Å². The molecule has 17 heavy (non-hydrogen) atoms. The molecule has 1 aromatic rings. The first-order valence-electron chi connectivity index (χ1n) is 6.09. The van der Waals surface area contributed by atoms with Crippen molar-refractivity contribution in [2.75, 3.05) is 13.1 Å². The molecule has 96 valence electrons. The maximum absolute atomic E-state index is 13.2. The van der Waals surface area contributed by atoms with E-state index in [0.717, 1.165) is 36.0 Å². The second-order valence-corrected chi connectivity index (χ2v) is 6.03. The zero-order valence-electron chi connectivity index (χ0n) is 10.8. The Labute approximate surface area is 112 Å². The molecule has 0 radical (unpaired) electrons. The molecule has 0 atom stereocenters. The minimum Gasteiger partial charge on any atom is -0.317 e. The zero-order chi connectivity index (χ0) is 12.9. The lowest BCUT2D eigenvalue weighted by Crippen LogP contribution is -2.24. The Kier molecular flexibility index (Phi) is 5.60. The predicted octanol–water partition coefficient (Wildman–Crippen LogP) is 4.16. The Balaban J connectivity index is 2.65. The van der Waals surface area contributed by atoms with Gasteiger partial charge in [-0.3, -0.25) is 0 Å². The lowest BCUT2D eigenvalue weighted by atomic mass is 9.82. The van der Waals surface area contributed by atoms with Crippen molar-refractivity contribution in [3.05, 3.63) is 34.1 Å². The maximum atomic E-state index is 13.2. The summed E-state index contributed by atoms with van der Waals surface area (Å²) in [6.45, 7) is 8.57. The SMILES string of the molecule is CCNCCC(C)(C)Cc1cc(F)ccc1Br. The van der Waals surface area contributed by atoms with Crippen LogP contribution in [0.2, 0.25) is 0 Å². The van der Waals surface area contributed by atoms with E-state index in [9.17, 15) is 4.39 Å². The average molecular weight is 302 g/mol. The number of rotatable bonds is 6. The molecule has 1 nitrogen and oxygen atoms in total. The molecule has 0 fully saturated rings. The van der Waals surface area contributed by atoms with Crippen LogP contribution in [0.15, 0.2) is 22.7 Å². The quantitative estimate of drug-likeness (QED) is 0.778. The summed E-state index contributed by atoms with van der Waals surface area (Å²) in [5.74, 6) is -0.161. The summed E-state index contributed by atoms with van der Waals surface area (Å²) >= 11 is 3.48. The smallest absolute Gasteiger partial charge is 0.123 e. The molecule has 0 aliphatic rings. The third kappa shape index (κ3) is 5.17. The van der Waals surface area contributed by atoms with Gasteiger partial charge < -0.3 is 5.32 Å². The highest BCUT2D eigenvalue weighted by molar-refractivity contribution is 9.10. The van der Waals surface area contributed by atoms with E-state index in [4.69, 9.17) is 0 Å². The van der Waals surface area contributed by atoms with Crippen molar-refractivity contribution in [2.45, 2.75) is 33.6 Å². The Morgan fingerprint density at radius 3 is 2.71 bits per heavy atom. The maximum Gasteiger partial charge on any atom is 0.123 e. The highest BCUT2D eigenvalue weighted by Crippen LogP contribution is 2.29. The van der Waals surface area contributed by atoms with Crippen molar-refractivity contribution in [3.63, 3.8) is 0 Å². The molecule has 0 saturated heterocycles. The standard InChI is InChI=1S/C14H21BrFN/c1-4-17-8-7-14(2,3)10-11-9-12(16)5-6-13(11)15/h5-6,9,17H,4,7-8,10H2,1-3H3. The Morgan fingerprint density at radius 1 is 1.35 bits per heavy atom. The summed E-state index contributed by atoms with van der Waals surface area (Å²) in [4.78, 5) is 0. The predicted molar refractivity (Wildman–Crippen MR) is 74.7 cm³/mol. The van der Waals surface area contributed by atoms with Gasteiger partial charge in [-0.25, -0.2) is 4.39 Å². The van der Waals surface area contributed by atoms with Crippen molar-refractivity contribution >= 4 is 15.9 Å². The van der Waals surface area contributed by atoms with Crippen molar-refractivity contribution in [1.82, 2.24) is 5.32 Å². The van der Waals surface area contributed by atoms with E-state index < -0.39 is 0 Å². The van der Waals surface area contributed by atoms with E-state index in [-0.39, 0.29) is 11.2 Å². The van der Waals surface area contributed by atoms with Crippen molar-refractivity contribution in [2.24, 2.45) is 5.41 Å². The number of benzene rings is 1. The fourth-order valence-electron chi connectivity index (χ4n) is 1.89. The fraction of sp³-hybridized carbons (Fsp3) is 0.571. The molecular formula is C14H21BrFN. The Morgan fingerprint density at radius 2 is 2.06 bits per heavy atom. The van der Waals surface area contributed by atoms with Crippen molar-refractivity contribution in [3.8, 4) is 0 Å². The minimum absolute atomic E-state index is 0.161. The van der Waals surface area contributed by atoms with Crippen molar-refractivity contribution in [1.29, 1.82) is 0 Å². The lowest BCUT2D eigenvalue weighted by molar-refractivity contribution is 0.326. The fourth-order valence-corrected chi connectivity index (χ4v) is 2.27. The van der Waals surface area contributed by atoms with Crippen LogP contribution in [-0.4, -0.2) is 13.1 Å². The molecule has 1 N–H and O–H groups in total. The zero-order valence-corrected chi connectivity index (χ0v) is 12.4. The minimum atomic E-state index is -0.161. The van der Waals surface area contributed by atoms with E-state index in [2.05, 4.69) is 42.0 Å². The number of nitrogens with one attached hydrogen (secondary N) is 1. The topological polar surface area (TPSA) is 12.0 Å². The third-order valence-electron chi connectivity index (χ3n) is 2.91. The molecule has 0 spiro atoms. The molecular weight excluding hydrogens is 281 g/mol. The van der Waals surface area contributed by atoms with Gasteiger partial charge in [0, 0.05) is 4.47 Å². The van der Waals surface area contributed by atoms with Crippen LogP contribution >= 0.6 is 15.9 Å².